The summed E-state index contributed by atoms with van der Waals surface area (Å²) in [4.78, 5) is 46.4. The minimum absolute atomic E-state index is 0.131. The average Bonchev–Trinajstić information content (AvgIpc) is 2.52. The van der Waals surface area contributed by atoms with E-state index >= 15 is 0 Å². The van der Waals surface area contributed by atoms with Crippen LogP contribution in [0.5, 0.6) is 0 Å². The molecule has 0 radical (unpaired) electrons. The number of esters is 1. The van der Waals surface area contributed by atoms with Gasteiger partial charge in [-0.15, -0.1) is 0 Å². The monoisotopic (exact) mass is 335 g/mol. The minimum atomic E-state index is -0.935. The number of ether oxygens (including phenoxy) is 1. The first-order valence-electron chi connectivity index (χ1n) is 7.42. The Kier molecular flexibility index (Phi) is 7.41. The smallest absolute Gasteiger partial charge is 0.328 e. The average molecular weight is 335 g/mol. The number of hydrogen-bond donors (Lipinski definition) is 3. The van der Waals surface area contributed by atoms with Crippen LogP contribution in [-0.2, 0) is 14.3 Å². The second kappa shape index (κ2) is 9.29. The van der Waals surface area contributed by atoms with Crippen LogP contribution >= 0.6 is 0 Å². The van der Waals surface area contributed by atoms with Crippen molar-refractivity contribution in [2.24, 2.45) is 0 Å². The van der Waals surface area contributed by atoms with Crippen LogP contribution in [0.3, 0.4) is 0 Å². The minimum Gasteiger partial charge on any atom is -0.454 e. The molecule has 8 heteroatoms. The Labute approximate surface area is 139 Å². The number of urea groups is 1. The second-order valence-corrected chi connectivity index (χ2v) is 5.35. The maximum Gasteiger partial charge on any atom is 0.328 e. The Morgan fingerprint density at radius 1 is 1.00 bits per heavy atom. The van der Waals surface area contributed by atoms with Crippen LogP contribution in [-0.4, -0.2) is 42.5 Å². The van der Waals surface area contributed by atoms with Gasteiger partial charge in [-0.3, -0.25) is 14.9 Å². The van der Waals surface area contributed by atoms with Gasteiger partial charge >= 0.3 is 12.0 Å². The standard InChI is InChI=1S/C16H21N3O5/c1-10(2)17-16(23)19-13(20)9-24-15(22)11(3)18-14(21)12-7-5-4-6-8-12/h4-8,10-11H,9H2,1-3H3,(H,18,21)(H2,17,19,20,23)/t11-/m0/s1. The van der Waals surface area contributed by atoms with E-state index < -0.39 is 36.5 Å². The van der Waals surface area contributed by atoms with Gasteiger partial charge in [0.25, 0.3) is 11.8 Å². The molecule has 0 spiro atoms. The predicted octanol–water partition coefficient (Wildman–Crippen LogP) is 0.582. The molecule has 1 aromatic rings. The van der Waals surface area contributed by atoms with Gasteiger partial charge in [-0.2, -0.15) is 0 Å². The van der Waals surface area contributed by atoms with Gasteiger partial charge < -0.3 is 15.4 Å². The van der Waals surface area contributed by atoms with Crippen LogP contribution < -0.4 is 16.0 Å². The maximum absolute atomic E-state index is 11.9. The van der Waals surface area contributed by atoms with Gasteiger partial charge in [0.2, 0.25) is 0 Å². The zero-order valence-electron chi connectivity index (χ0n) is 13.8. The third-order valence-electron chi connectivity index (χ3n) is 2.76. The molecule has 0 heterocycles. The van der Waals surface area contributed by atoms with Crippen molar-refractivity contribution in [3.63, 3.8) is 0 Å². The van der Waals surface area contributed by atoms with E-state index in [1.807, 2.05) is 5.32 Å². The van der Waals surface area contributed by atoms with Gasteiger partial charge in [0, 0.05) is 11.6 Å². The molecule has 1 aromatic carbocycles. The Morgan fingerprint density at radius 3 is 2.21 bits per heavy atom. The van der Waals surface area contributed by atoms with Gasteiger partial charge in [0.15, 0.2) is 6.61 Å². The number of carbonyl (C=O) groups excluding carboxylic acids is 4. The topological polar surface area (TPSA) is 114 Å². The van der Waals surface area contributed by atoms with Crippen molar-refractivity contribution in [1.29, 1.82) is 0 Å². The number of benzene rings is 1. The SMILES string of the molecule is CC(C)NC(=O)NC(=O)COC(=O)[C@H](C)NC(=O)c1ccccc1. The molecule has 24 heavy (non-hydrogen) atoms. The lowest BCUT2D eigenvalue weighted by Crippen LogP contribution is -2.45. The highest BCUT2D eigenvalue weighted by Gasteiger charge is 2.19. The Bertz CT molecular complexity index is 601. The number of hydrogen-bond acceptors (Lipinski definition) is 5. The van der Waals surface area contributed by atoms with Gasteiger partial charge in [0.1, 0.15) is 6.04 Å². The molecule has 0 saturated carbocycles. The number of rotatable bonds is 6. The maximum atomic E-state index is 11.9. The molecule has 3 N–H and O–H groups in total. The molecule has 0 aliphatic heterocycles. The summed E-state index contributed by atoms with van der Waals surface area (Å²) in [6.45, 7) is 4.30. The first-order chi connectivity index (χ1) is 11.3. The largest absolute Gasteiger partial charge is 0.454 e. The van der Waals surface area contributed by atoms with Crippen molar-refractivity contribution < 1.29 is 23.9 Å². The lowest BCUT2D eigenvalue weighted by atomic mass is 10.2. The Morgan fingerprint density at radius 2 is 1.62 bits per heavy atom. The van der Waals surface area contributed by atoms with Gasteiger partial charge in [0.05, 0.1) is 0 Å². The van der Waals surface area contributed by atoms with E-state index in [-0.39, 0.29) is 6.04 Å². The zero-order chi connectivity index (χ0) is 18.1. The fourth-order valence-corrected chi connectivity index (χ4v) is 1.65. The molecule has 1 atom stereocenters. The van der Waals surface area contributed by atoms with E-state index in [0.29, 0.717) is 5.56 Å². The molecule has 0 saturated heterocycles. The van der Waals surface area contributed by atoms with Crippen molar-refractivity contribution in [3.05, 3.63) is 35.9 Å². The van der Waals surface area contributed by atoms with E-state index in [9.17, 15) is 19.2 Å². The molecule has 0 fully saturated rings. The summed E-state index contributed by atoms with van der Waals surface area (Å²) < 4.78 is 4.76. The van der Waals surface area contributed by atoms with Crippen LogP contribution in [0.1, 0.15) is 31.1 Å². The van der Waals surface area contributed by atoms with E-state index in [1.54, 1.807) is 44.2 Å². The van der Waals surface area contributed by atoms with Gasteiger partial charge in [-0.25, -0.2) is 9.59 Å². The molecule has 0 bridgehead atoms. The second-order valence-electron chi connectivity index (χ2n) is 5.35. The highest BCUT2D eigenvalue weighted by molar-refractivity contribution is 5.97. The quantitative estimate of drug-likeness (QED) is 0.658. The number of amides is 4. The molecule has 0 aliphatic rings. The molecule has 0 unspecified atom stereocenters. The summed E-state index contributed by atoms with van der Waals surface area (Å²) >= 11 is 0. The molecule has 8 nitrogen and oxygen atoms in total. The van der Waals surface area contributed by atoms with E-state index in [0.717, 1.165) is 0 Å². The summed E-state index contributed by atoms with van der Waals surface area (Å²) in [7, 11) is 0. The first kappa shape index (κ1) is 19.1. The van der Waals surface area contributed by atoms with Crippen LogP contribution in [0.25, 0.3) is 0 Å². The van der Waals surface area contributed by atoms with Crippen molar-refractivity contribution in [3.8, 4) is 0 Å². The number of nitrogens with one attached hydrogen (secondary N) is 3. The Hall–Kier alpha value is -2.90. The highest BCUT2D eigenvalue weighted by atomic mass is 16.5. The zero-order valence-corrected chi connectivity index (χ0v) is 13.8. The van der Waals surface area contributed by atoms with Crippen molar-refractivity contribution in [2.45, 2.75) is 32.9 Å². The van der Waals surface area contributed by atoms with Gasteiger partial charge in [-0.1, -0.05) is 18.2 Å². The predicted molar refractivity (Wildman–Crippen MR) is 86.1 cm³/mol. The fraction of sp³-hybridized carbons (Fsp3) is 0.375. The van der Waals surface area contributed by atoms with Crippen LogP contribution in [0, 0.1) is 0 Å². The van der Waals surface area contributed by atoms with E-state index in [2.05, 4.69) is 10.6 Å². The lowest BCUT2D eigenvalue weighted by Gasteiger charge is -2.13. The summed E-state index contributed by atoms with van der Waals surface area (Å²) in [6.07, 6.45) is 0. The number of carbonyl (C=O) groups is 4. The van der Waals surface area contributed by atoms with Crippen LogP contribution in [0.2, 0.25) is 0 Å². The van der Waals surface area contributed by atoms with Crippen LogP contribution in [0.15, 0.2) is 30.3 Å². The van der Waals surface area contributed by atoms with E-state index in [4.69, 9.17) is 4.74 Å². The molecule has 1 rings (SSSR count). The Balaban J connectivity index is 2.37. The molecule has 4 amide bonds. The molecular formula is C16H21N3O5. The van der Waals surface area contributed by atoms with Crippen LogP contribution in [0.4, 0.5) is 4.79 Å². The molecule has 0 aromatic heterocycles. The van der Waals surface area contributed by atoms with Gasteiger partial charge in [-0.05, 0) is 32.9 Å². The van der Waals surface area contributed by atoms with Crippen molar-refractivity contribution in [1.82, 2.24) is 16.0 Å². The molecule has 0 aliphatic carbocycles. The molecular weight excluding hydrogens is 314 g/mol. The van der Waals surface area contributed by atoms with Crippen molar-refractivity contribution >= 4 is 23.8 Å². The lowest BCUT2D eigenvalue weighted by molar-refractivity contribution is -0.149. The third-order valence-corrected chi connectivity index (χ3v) is 2.76. The normalized spacial score (nSPS) is 11.3. The summed E-state index contributed by atoms with van der Waals surface area (Å²) in [5, 5.41) is 6.94. The highest BCUT2D eigenvalue weighted by Crippen LogP contribution is 1.99. The third kappa shape index (κ3) is 6.91. The molecule has 130 valence electrons. The fourth-order valence-electron chi connectivity index (χ4n) is 1.65. The van der Waals surface area contributed by atoms with E-state index in [1.165, 1.54) is 6.92 Å². The summed E-state index contributed by atoms with van der Waals surface area (Å²) in [6, 6.07) is 6.64. The summed E-state index contributed by atoms with van der Waals surface area (Å²) in [5.74, 6) is -1.97. The summed E-state index contributed by atoms with van der Waals surface area (Å²) in [5.41, 5.74) is 0.403. The number of imide groups is 1. The van der Waals surface area contributed by atoms with Crippen molar-refractivity contribution in [2.75, 3.05) is 6.61 Å². The first-order valence-corrected chi connectivity index (χ1v) is 7.42.